The molecule has 0 radical (unpaired) electrons. The Morgan fingerprint density at radius 3 is 3.00 bits per heavy atom. The molecule has 1 N–H and O–H groups in total. The van der Waals surface area contributed by atoms with Gasteiger partial charge in [0.1, 0.15) is 0 Å². The van der Waals surface area contributed by atoms with E-state index in [4.69, 9.17) is 4.74 Å². The van der Waals surface area contributed by atoms with Gasteiger partial charge in [-0.2, -0.15) is 0 Å². The molecule has 1 heterocycles. The smallest absolute Gasteiger partial charge is 0.207 e. The van der Waals surface area contributed by atoms with Crippen LogP contribution in [0.15, 0.2) is 30.6 Å². The molecule has 18 heavy (non-hydrogen) atoms. The van der Waals surface area contributed by atoms with Gasteiger partial charge in [-0.25, -0.2) is 9.37 Å². The number of nitrogens with zero attached hydrogens (tertiary/aromatic N) is 2. The molecule has 0 aliphatic heterocycles. The topological polar surface area (TPSA) is 39.1 Å². The number of hydrogen-bond acceptors (Lipinski definition) is 3. The lowest BCUT2D eigenvalue weighted by Gasteiger charge is -2.10. The van der Waals surface area contributed by atoms with Gasteiger partial charge in [0.15, 0.2) is 11.6 Å². The molecule has 0 spiro atoms. The van der Waals surface area contributed by atoms with E-state index in [1.165, 1.54) is 13.2 Å². The standard InChI is InChI=1S/C13H16FN3O/c1-3-7-17-8-6-15-13(17)16-10-4-5-11(14)12(9-10)18-2/h4-6,8-9H,3,7H2,1-2H3,(H,15,16). The van der Waals surface area contributed by atoms with Gasteiger partial charge in [0.2, 0.25) is 5.95 Å². The number of aryl methyl sites for hydroxylation is 1. The number of ether oxygens (including phenoxy) is 1. The third-order valence-electron chi connectivity index (χ3n) is 2.59. The Hall–Kier alpha value is -2.04. The quantitative estimate of drug-likeness (QED) is 0.884. The van der Waals surface area contributed by atoms with Crippen LogP contribution in [-0.4, -0.2) is 16.7 Å². The second kappa shape index (κ2) is 5.53. The summed E-state index contributed by atoms with van der Waals surface area (Å²) < 4.78 is 20.2. The predicted octanol–water partition coefficient (Wildman–Crippen LogP) is 3.18. The second-order valence-electron chi connectivity index (χ2n) is 3.92. The Balaban J connectivity index is 2.20. The number of benzene rings is 1. The normalized spacial score (nSPS) is 10.4. The number of methoxy groups -OCH3 is 1. The molecule has 1 aromatic carbocycles. The van der Waals surface area contributed by atoms with Crippen molar-refractivity contribution in [2.45, 2.75) is 19.9 Å². The monoisotopic (exact) mass is 249 g/mol. The van der Waals surface area contributed by atoms with E-state index in [1.54, 1.807) is 18.3 Å². The Morgan fingerprint density at radius 1 is 1.44 bits per heavy atom. The van der Waals surface area contributed by atoms with Crippen molar-refractivity contribution in [1.29, 1.82) is 0 Å². The number of hydrogen-bond donors (Lipinski definition) is 1. The highest BCUT2D eigenvalue weighted by molar-refractivity contribution is 5.56. The molecule has 0 amide bonds. The van der Waals surface area contributed by atoms with Gasteiger partial charge < -0.3 is 14.6 Å². The summed E-state index contributed by atoms with van der Waals surface area (Å²) in [6.07, 6.45) is 4.67. The molecule has 0 aliphatic rings. The molecule has 2 aromatic rings. The maximum Gasteiger partial charge on any atom is 0.207 e. The van der Waals surface area contributed by atoms with Crippen molar-refractivity contribution in [3.05, 3.63) is 36.4 Å². The SMILES string of the molecule is CCCn1ccnc1Nc1ccc(F)c(OC)c1. The van der Waals surface area contributed by atoms with Gasteiger partial charge >= 0.3 is 0 Å². The third-order valence-corrected chi connectivity index (χ3v) is 2.59. The largest absolute Gasteiger partial charge is 0.494 e. The maximum atomic E-state index is 13.3. The Bertz CT molecular complexity index is 525. The minimum atomic E-state index is -0.375. The number of aromatic nitrogens is 2. The van der Waals surface area contributed by atoms with Crippen molar-refractivity contribution < 1.29 is 9.13 Å². The van der Waals surface area contributed by atoms with Crippen LogP contribution in [0.1, 0.15) is 13.3 Å². The van der Waals surface area contributed by atoms with Crippen molar-refractivity contribution in [3.8, 4) is 5.75 Å². The lowest BCUT2D eigenvalue weighted by Crippen LogP contribution is -2.03. The molecule has 0 aliphatic carbocycles. The minimum Gasteiger partial charge on any atom is -0.494 e. The Morgan fingerprint density at radius 2 is 2.28 bits per heavy atom. The van der Waals surface area contributed by atoms with E-state index in [9.17, 15) is 4.39 Å². The summed E-state index contributed by atoms with van der Waals surface area (Å²) in [4.78, 5) is 4.23. The molecule has 0 unspecified atom stereocenters. The molecular formula is C13H16FN3O. The van der Waals surface area contributed by atoms with Gasteiger partial charge in [-0.05, 0) is 18.6 Å². The third kappa shape index (κ3) is 2.61. The number of imidazole rings is 1. The molecule has 0 atom stereocenters. The first-order valence-electron chi connectivity index (χ1n) is 5.86. The van der Waals surface area contributed by atoms with Crippen LogP contribution in [-0.2, 0) is 6.54 Å². The van der Waals surface area contributed by atoms with Gasteiger partial charge in [0.05, 0.1) is 7.11 Å². The summed E-state index contributed by atoms with van der Waals surface area (Å²) in [5.41, 5.74) is 0.747. The van der Waals surface area contributed by atoms with Crippen LogP contribution in [0.4, 0.5) is 16.0 Å². The first kappa shape index (κ1) is 12.4. The lowest BCUT2D eigenvalue weighted by atomic mass is 10.3. The molecule has 0 saturated carbocycles. The minimum absolute atomic E-state index is 0.216. The molecule has 0 fully saturated rings. The fraction of sp³-hybridized carbons (Fsp3) is 0.308. The van der Waals surface area contributed by atoms with Crippen molar-refractivity contribution in [1.82, 2.24) is 9.55 Å². The van der Waals surface area contributed by atoms with Crippen molar-refractivity contribution in [3.63, 3.8) is 0 Å². The maximum absolute atomic E-state index is 13.3. The Labute approximate surface area is 105 Å². The summed E-state index contributed by atoms with van der Waals surface area (Å²) in [5, 5.41) is 3.14. The van der Waals surface area contributed by atoms with Crippen molar-refractivity contribution in [2.75, 3.05) is 12.4 Å². The van der Waals surface area contributed by atoms with Crippen LogP contribution in [0.5, 0.6) is 5.75 Å². The van der Waals surface area contributed by atoms with Crippen LogP contribution < -0.4 is 10.1 Å². The van der Waals surface area contributed by atoms with E-state index >= 15 is 0 Å². The second-order valence-corrected chi connectivity index (χ2v) is 3.92. The van der Waals surface area contributed by atoms with E-state index < -0.39 is 0 Å². The zero-order valence-electron chi connectivity index (χ0n) is 10.5. The van der Waals surface area contributed by atoms with Crippen LogP contribution >= 0.6 is 0 Å². The molecule has 2 rings (SSSR count). The first-order valence-corrected chi connectivity index (χ1v) is 5.86. The van der Waals surface area contributed by atoms with Gasteiger partial charge in [-0.3, -0.25) is 0 Å². The highest BCUT2D eigenvalue weighted by atomic mass is 19.1. The fourth-order valence-electron chi connectivity index (χ4n) is 1.72. The van der Waals surface area contributed by atoms with Gasteiger partial charge in [-0.15, -0.1) is 0 Å². The number of halogens is 1. The van der Waals surface area contributed by atoms with Crippen molar-refractivity contribution in [2.24, 2.45) is 0 Å². The molecule has 1 aromatic heterocycles. The molecule has 96 valence electrons. The van der Waals surface area contributed by atoms with Crippen LogP contribution in [0, 0.1) is 5.82 Å². The predicted molar refractivity (Wildman–Crippen MR) is 68.8 cm³/mol. The number of anilines is 2. The summed E-state index contributed by atoms with van der Waals surface area (Å²) in [6.45, 7) is 2.99. The van der Waals surface area contributed by atoms with Gasteiger partial charge in [0, 0.05) is 30.7 Å². The van der Waals surface area contributed by atoms with E-state index in [0.717, 1.165) is 24.6 Å². The molecule has 0 bridgehead atoms. The van der Waals surface area contributed by atoms with E-state index in [-0.39, 0.29) is 11.6 Å². The van der Waals surface area contributed by atoms with Crippen LogP contribution in [0.25, 0.3) is 0 Å². The number of rotatable bonds is 5. The molecule has 4 nitrogen and oxygen atoms in total. The highest BCUT2D eigenvalue weighted by Crippen LogP contribution is 2.23. The van der Waals surface area contributed by atoms with Gasteiger partial charge in [-0.1, -0.05) is 6.92 Å². The molecule has 0 saturated heterocycles. The zero-order chi connectivity index (χ0) is 13.0. The highest BCUT2D eigenvalue weighted by Gasteiger charge is 2.06. The van der Waals surface area contributed by atoms with Crippen molar-refractivity contribution >= 4 is 11.6 Å². The van der Waals surface area contributed by atoms with Gasteiger partial charge in [0.25, 0.3) is 0 Å². The fourth-order valence-corrected chi connectivity index (χ4v) is 1.72. The van der Waals surface area contributed by atoms with Crippen LogP contribution in [0.3, 0.4) is 0 Å². The summed E-state index contributed by atoms with van der Waals surface area (Å²) >= 11 is 0. The summed E-state index contributed by atoms with van der Waals surface area (Å²) in [5.74, 6) is 0.582. The zero-order valence-corrected chi connectivity index (χ0v) is 10.5. The molecule has 5 heteroatoms. The van der Waals surface area contributed by atoms with Crippen LogP contribution in [0.2, 0.25) is 0 Å². The average Bonchev–Trinajstić information content (AvgIpc) is 2.80. The number of nitrogens with one attached hydrogen (secondary N) is 1. The average molecular weight is 249 g/mol. The van der Waals surface area contributed by atoms with E-state index in [1.807, 2.05) is 10.8 Å². The Kier molecular flexibility index (Phi) is 3.82. The lowest BCUT2D eigenvalue weighted by molar-refractivity contribution is 0.387. The first-order chi connectivity index (χ1) is 8.74. The summed E-state index contributed by atoms with van der Waals surface area (Å²) in [7, 11) is 1.44. The van der Waals surface area contributed by atoms with E-state index in [0.29, 0.717) is 0 Å². The molecular weight excluding hydrogens is 233 g/mol. The summed E-state index contributed by atoms with van der Waals surface area (Å²) in [6, 6.07) is 4.64. The van der Waals surface area contributed by atoms with E-state index in [2.05, 4.69) is 17.2 Å².